The van der Waals surface area contributed by atoms with Crippen molar-refractivity contribution in [2.75, 3.05) is 0 Å². The van der Waals surface area contributed by atoms with Crippen LogP contribution in [0.15, 0.2) is 60.7 Å². The Morgan fingerprint density at radius 3 is 1.72 bits per heavy atom. The molecule has 136 valence electrons. The molecule has 4 heteroatoms. The lowest BCUT2D eigenvalue weighted by Gasteiger charge is -2.34. The highest BCUT2D eigenvalue weighted by Crippen LogP contribution is 2.47. The first-order valence-electron chi connectivity index (χ1n) is 8.59. The van der Waals surface area contributed by atoms with E-state index in [1.807, 2.05) is 60.7 Å². The number of hydrogen-bond donors (Lipinski definition) is 3. The molecule has 0 radical (unpaired) electrons. The van der Waals surface area contributed by atoms with Gasteiger partial charge in [0.15, 0.2) is 0 Å². The summed E-state index contributed by atoms with van der Waals surface area (Å²) in [7, 11) is 0. The Morgan fingerprint density at radius 2 is 1.32 bits per heavy atom. The lowest BCUT2D eigenvalue weighted by molar-refractivity contribution is 0.00617. The van der Waals surface area contributed by atoms with E-state index in [0.29, 0.717) is 6.42 Å². The van der Waals surface area contributed by atoms with Crippen molar-refractivity contribution in [2.24, 2.45) is 0 Å². The van der Waals surface area contributed by atoms with Gasteiger partial charge >= 0.3 is 0 Å². The number of aliphatic hydroxyl groups is 2. The lowest BCUT2D eigenvalue weighted by Crippen LogP contribution is -2.49. The molecular weight excluding hydrogens is 334 g/mol. The first-order valence-corrected chi connectivity index (χ1v) is 8.59. The van der Waals surface area contributed by atoms with Gasteiger partial charge in [-0.1, -0.05) is 60.7 Å². The van der Waals surface area contributed by atoms with Gasteiger partial charge in [-0.3, -0.25) is 0 Å². The highest BCUT2D eigenvalue weighted by molar-refractivity contribution is 5.85. The molecule has 1 saturated carbocycles. The predicted molar refractivity (Wildman–Crippen MR) is 104 cm³/mol. The molecule has 2 aromatic carbocycles. The molecule has 0 amide bonds. The van der Waals surface area contributed by atoms with Gasteiger partial charge in [-0.15, -0.1) is 12.4 Å². The summed E-state index contributed by atoms with van der Waals surface area (Å²) >= 11 is 0. The van der Waals surface area contributed by atoms with Gasteiger partial charge in [0.05, 0.1) is 17.6 Å². The van der Waals surface area contributed by atoms with E-state index in [0.717, 1.165) is 11.1 Å². The maximum atomic E-state index is 11.1. The molecule has 0 bridgehead atoms. The van der Waals surface area contributed by atoms with Crippen molar-refractivity contribution >= 4 is 12.4 Å². The van der Waals surface area contributed by atoms with E-state index in [2.05, 4.69) is 26.1 Å². The Balaban J connectivity index is 0.00000225. The molecule has 0 aliphatic heterocycles. The third-order valence-corrected chi connectivity index (χ3v) is 4.98. The van der Waals surface area contributed by atoms with Crippen LogP contribution in [0.25, 0.3) is 0 Å². The fourth-order valence-electron chi connectivity index (χ4n) is 4.01. The summed E-state index contributed by atoms with van der Waals surface area (Å²) in [6.07, 6.45) is -1.02. The van der Waals surface area contributed by atoms with Crippen molar-refractivity contribution in [3.8, 4) is 0 Å². The SMILES string of the molecule is CC(C)(C)NC1CC(c2ccccc2)(c2ccccc2)[C@@H](O)C1O.Cl. The Kier molecular flexibility index (Phi) is 5.95. The third-order valence-electron chi connectivity index (χ3n) is 4.98. The van der Waals surface area contributed by atoms with Crippen LogP contribution in [0.3, 0.4) is 0 Å². The zero-order valence-corrected chi connectivity index (χ0v) is 15.8. The fraction of sp³-hybridized carbons (Fsp3) is 0.429. The molecule has 3 nitrogen and oxygen atoms in total. The van der Waals surface area contributed by atoms with Crippen LogP contribution in [0, 0.1) is 0 Å². The van der Waals surface area contributed by atoms with Crippen LogP contribution in [0.5, 0.6) is 0 Å². The minimum absolute atomic E-state index is 0. The van der Waals surface area contributed by atoms with Gasteiger partial charge in [-0.25, -0.2) is 0 Å². The summed E-state index contributed by atoms with van der Waals surface area (Å²) in [5, 5.41) is 25.3. The zero-order chi connectivity index (χ0) is 17.4. The minimum Gasteiger partial charge on any atom is -0.389 e. The topological polar surface area (TPSA) is 52.5 Å². The van der Waals surface area contributed by atoms with Gasteiger partial charge in [-0.2, -0.15) is 0 Å². The quantitative estimate of drug-likeness (QED) is 0.786. The minimum atomic E-state index is -0.859. The molecule has 0 spiro atoms. The van der Waals surface area contributed by atoms with Crippen molar-refractivity contribution in [3.63, 3.8) is 0 Å². The number of halogens is 1. The largest absolute Gasteiger partial charge is 0.389 e. The van der Waals surface area contributed by atoms with E-state index >= 15 is 0 Å². The van der Waals surface area contributed by atoms with Crippen LogP contribution in [-0.4, -0.2) is 34.0 Å². The number of nitrogens with one attached hydrogen (secondary N) is 1. The van der Waals surface area contributed by atoms with Gasteiger partial charge < -0.3 is 15.5 Å². The summed E-state index contributed by atoms with van der Waals surface area (Å²) in [5.41, 5.74) is 1.35. The Hall–Kier alpha value is -1.39. The summed E-state index contributed by atoms with van der Waals surface area (Å²) in [6, 6.07) is 19.9. The third kappa shape index (κ3) is 3.75. The number of benzene rings is 2. The van der Waals surface area contributed by atoms with Gasteiger partial charge in [-0.05, 0) is 38.3 Å². The van der Waals surface area contributed by atoms with Gasteiger partial charge in [0, 0.05) is 11.6 Å². The van der Waals surface area contributed by atoms with Crippen LogP contribution in [0.1, 0.15) is 38.3 Å². The second-order valence-corrected chi connectivity index (χ2v) is 7.84. The molecule has 0 heterocycles. The molecule has 1 aliphatic carbocycles. The maximum Gasteiger partial charge on any atom is 0.0964 e. The average Bonchev–Trinajstić information content (AvgIpc) is 2.81. The molecule has 1 aliphatic rings. The molecule has 3 N–H and O–H groups in total. The van der Waals surface area contributed by atoms with E-state index in [-0.39, 0.29) is 24.0 Å². The fourth-order valence-corrected chi connectivity index (χ4v) is 4.01. The highest BCUT2D eigenvalue weighted by Gasteiger charge is 2.54. The van der Waals surface area contributed by atoms with Gasteiger partial charge in [0.2, 0.25) is 0 Å². The molecule has 3 rings (SSSR count). The molecule has 1 fully saturated rings. The van der Waals surface area contributed by atoms with Gasteiger partial charge in [0.25, 0.3) is 0 Å². The molecule has 2 aromatic rings. The van der Waals surface area contributed by atoms with Crippen molar-refractivity contribution in [1.82, 2.24) is 5.32 Å². The Bertz CT molecular complexity index is 630. The first-order chi connectivity index (χ1) is 11.3. The van der Waals surface area contributed by atoms with Gasteiger partial charge in [0.1, 0.15) is 0 Å². The summed E-state index contributed by atoms with van der Waals surface area (Å²) in [5.74, 6) is 0. The normalized spacial score (nSPS) is 25.4. The summed E-state index contributed by atoms with van der Waals surface area (Å²) in [6.45, 7) is 6.24. The molecule has 2 unspecified atom stereocenters. The second-order valence-electron chi connectivity index (χ2n) is 7.84. The predicted octanol–water partition coefficient (Wildman–Crippen LogP) is 3.28. The number of rotatable bonds is 3. The smallest absolute Gasteiger partial charge is 0.0964 e. The van der Waals surface area contributed by atoms with E-state index in [9.17, 15) is 10.2 Å². The number of hydrogen-bond acceptors (Lipinski definition) is 3. The first kappa shape index (κ1) is 19.9. The standard InChI is InChI=1S/C21H27NO2.ClH/c1-20(2,3)22-17-14-21(19(24)18(17)23,15-10-6-4-7-11-15)16-12-8-5-9-13-16;/h4-13,17-19,22-24H,14H2,1-3H3;1H/t17?,18?,19-;/m0./s1. The zero-order valence-electron chi connectivity index (χ0n) is 15.0. The van der Waals surface area contributed by atoms with E-state index in [1.54, 1.807) is 0 Å². The molecular formula is C21H28ClNO2. The molecule has 0 saturated heterocycles. The van der Waals surface area contributed by atoms with Crippen LogP contribution in [0.2, 0.25) is 0 Å². The van der Waals surface area contributed by atoms with Crippen LogP contribution >= 0.6 is 12.4 Å². The van der Waals surface area contributed by atoms with E-state index in [4.69, 9.17) is 0 Å². The van der Waals surface area contributed by atoms with E-state index < -0.39 is 17.6 Å². The van der Waals surface area contributed by atoms with Crippen molar-refractivity contribution in [1.29, 1.82) is 0 Å². The summed E-state index contributed by atoms with van der Waals surface area (Å²) in [4.78, 5) is 0. The Labute approximate surface area is 156 Å². The molecule has 3 atom stereocenters. The maximum absolute atomic E-state index is 11.1. The van der Waals surface area contributed by atoms with E-state index in [1.165, 1.54) is 0 Å². The Morgan fingerprint density at radius 1 is 0.880 bits per heavy atom. The number of aliphatic hydroxyl groups excluding tert-OH is 2. The molecule has 25 heavy (non-hydrogen) atoms. The average molecular weight is 362 g/mol. The van der Waals surface area contributed by atoms with Crippen molar-refractivity contribution in [3.05, 3.63) is 71.8 Å². The summed E-state index contributed by atoms with van der Waals surface area (Å²) < 4.78 is 0. The lowest BCUT2D eigenvalue weighted by atomic mass is 9.71. The van der Waals surface area contributed by atoms with Crippen LogP contribution < -0.4 is 5.32 Å². The van der Waals surface area contributed by atoms with Crippen LogP contribution in [-0.2, 0) is 5.41 Å². The highest BCUT2D eigenvalue weighted by atomic mass is 35.5. The van der Waals surface area contributed by atoms with Crippen LogP contribution in [0.4, 0.5) is 0 Å². The van der Waals surface area contributed by atoms with Crippen molar-refractivity contribution < 1.29 is 10.2 Å². The second kappa shape index (κ2) is 7.46. The monoisotopic (exact) mass is 361 g/mol. The molecule has 0 aromatic heterocycles. The van der Waals surface area contributed by atoms with Crippen molar-refractivity contribution in [2.45, 2.75) is 56.4 Å².